The van der Waals surface area contributed by atoms with Gasteiger partial charge >= 0.3 is 0 Å². The molecule has 0 amide bonds. The molecule has 0 heterocycles. The molecule has 2 aliphatic rings. The standard InChI is InChI=1S/C13H25NO2/c1-16-10-9-14(12-5-6-12)8-7-11-3-2-4-13(11)15/h11-13,15H,2-10H2,1H3. The molecule has 0 aliphatic heterocycles. The second-order valence-corrected chi connectivity index (χ2v) is 5.31. The lowest BCUT2D eigenvalue weighted by Crippen LogP contribution is -2.32. The van der Waals surface area contributed by atoms with Crippen molar-refractivity contribution in [1.82, 2.24) is 4.90 Å². The third kappa shape index (κ3) is 3.44. The fourth-order valence-corrected chi connectivity index (χ4v) is 2.81. The topological polar surface area (TPSA) is 32.7 Å². The second kappa shape index (κ2) is 5.99. The Balaban J connectivity index is 1.68. The first-order chi connectivity index (χ1) is 7.81. The number of nitrogens with zero attached hydrogens (tertiary/aromatic N) is 1. The molecule has 0 aromatic carbocycles. The van der Waals surface area contributed by atoms with Gasteiger partial charge in [0.05, 0.1) is 12.7 Å². The van der Waals surface area contributed by atoms with E-state index in [4.69, 9.17) is 4.74 Å². The zero-order valence-electron chi connectivity index (χ0n) is 10.4. The first-order valence-electron chi connectivity index (χ1n) is 6.72. The quantitative estimate of drug-likeness (QED) is 0.718. The van der Waals surface area contributed by atoms with Gasteiger partial charge in [0.1, 0.15) is 0 Å². The van der Waals surface area contributed by atoms with Crippen molar-refractivity contribution in [1.29, 1.82) is 0 Å². The van der Waals surface area contributed by atoms with E-state index in [1.165, 1.54) is 32.1 Å². The SMILES string of the molecule is COCCN(CCC1CCCC1O)C1CC1. The van der Waals surface area contributed by atoms with Gasteiger partial charge in [-0.2, -0.15) is 0 Å². The predicted molar refractivity (Wildman–Crippen MR) is 64.4 cm³/mol. The number of aliphatic hydroxyl groups excluding tert-OH is 1. The Morgan fingerprint density at radius 1 is 1.19 bits per heavy atom. The molecule has 2 atom stereocenters. The third-order valence-corrected chi connectivity index (χ3v) is 4.05. The van der Waals surface area contributed by atoms with Crippen LogP contribution in [0.15, 0.2) is 0 Å². The number of rotatable bonds is 7. The molecule has 2 rings (SSSR count). The van der Waals surface area contributed by atoms with Crippen LogP contribution in [0.2, 0.25) is 0 Å². The summed E-state index contributed by atoms with van der Waals surface area (Å²) < 4.78 is 5.15. The Hall–Kier alpha value is -0.120. The van der Waals surface area contributed by atoms with Crippen molar-refractivity contribution in [2.24, 2.45) is 5.92 Å². The van der Waals surface area contributed by atoms with Gasteiger partial charge in [-0.05, 0) is 44.6 Å². The van der Waals surface area contributed by atoms with E-state index in [0.29, 0.717) is 5.92 Å². The van der Waals surface area contributed by atoms with Crippen molar-refractivity contribution in [2.75, 3.05) is 26.8 Å². The summed E-state index contributed by atoms with van der Waals surface area (Å²) in [5.74, 6) is 0.559. The Morgan fingerprint density at radius 2 is 2.00 bits per heavy atom. The molecule has 2 fully saturated rings. The highest BCUT2D eigenvalue weighted by Crippen LogP contribution is 2.31. The molecule has 0 radical (unpaired) electrons. The lowest BCUT2D eigenvalue weighted by Gasteiger charge is -2.24. The van der Waals surface area contributed by atoms with E-state index in [0.717, 1.165) is 32.2 Å². The monoisotopic (exact) mass is 227 g/mol. The molecule has 0 bridgehead atoms. The number of ether oxygens (including phenoxy) is 1. The molecule has 3 nitrogen and oxygen atoms in total. The van der Waals surface area contributed by atoms with Gasteiger partial charge in [-0.25, -0.2) is 0 Å². The first-order valence-corrected chi connectivity index (χ1v) is 6.72. The van der Waals surface area contributed by atoms with Crippen LogP contribution >= 0.6 is 0 Å². The maximum Gasteiger partial charge on any atom is 0.0589 e. The van der Waals surface area contributed by atoms with E-state index >= 15 is 0 Å². The van der Waals surface area contributed by atoms with Crippen LogP contribution in [0.25, 0.3) is 0 Å². The minimum Gasteiger partial charge on any atom is -0.393 e. The van der Waals surface area contributed by atoms with Gasteiger partial charge in [-0.3, -0.25) is 4.90 Å². The maximum atomic E-state index is 9.79. The van der Waals surface area contributed by atoms with Crippen molar-refractivity contribution in [2.45, 2.75) is 50.7 Å². The average Bonchev–Trinajstić information content (AvgIpc) is 3.04. The van der Waals surface area contributed by atoms with E-state index in [2.05, 4.69) is 4.90 Å². The summed E-state index contributed by atoms with van der Waals surface area (Å²) in [6, 6.07) is 0.814. The summed E-state index contributed by atoms with van der Waals surface area (Å²) in [6.07, 6.45) is 7.32. The van der Waals surface area contributed by atoms with Crippen molar-refractivity contribution < 1.29 is 9.84 Å². The Bertz CT molecular complexity index is 206. The van der Waals surface area contributed by atoms with Crippen LogP contribution in [0.5, 0.6) is 0 Å². The second-order valence-electron chi connectivity index (χ2n) is 5.31. The highest BCUT2D eigenvalue weighted by atomic mass is 16.5. The molecule has 16 heavy (non-hydrogen) atoms. The van der Waals surface area contributed by atoms with E-state index < -0.39 is 0 Å². The van der Waals surface area contributed by atoms with Crippen molar-refractivity contribution in [3.63, 3.8) is 0 Å². The normalized spacial score (nSPS) is 30.2. The van der Waals surface area contributed by atoms with Crippen LogP contribution in [0.4, 0.5) is 0 Å². The minimum atomic E-state index is -0.0246. The molecule has 1 N–H and O–H groups in total. The number of hydrogen-bond donors (Lipinski definition) is 1. The minimum absolute atomic E-state index is 0.0246. The maximum absolute atomic E-state index is 9.79. The molecular weight excluding hydrogens is 202 g/mol. The highest BCUT2D eigenvalue weighted by Gasteiger charge is 2.30. The zero-order valence-corrected chi connectivity index (χ0v) is 10.4. The highest BCUT2D eigenvalue weighted by molar-refractivity contribution is 4.86. The lowest BCUT2D eigenvalue weighted by molar-refractivity contribution is 0.106. The molecule has 2 aliphatic carbocycles. The predicted octanol–water partition coefficient (Wildman–Crippen LogP) is 1.65. The molecule has 2 unspecified atom stereocenters. The van der Waals surface area contributed by atoms with Gasteiger partial charge in [0, 0.05) is 19.7 Å². The molecule has 2 saturated carbocycles. The number of methoxy groups -OCH3 is 1. The Labute approximate surface area is 98.8 Å². The molecule has 94 valence electrons. The van der Waals surface area contributed by atoms with Crippen LogP contribution in [0, 0.1) is 5.92 Å². The van der Waals surface area contributed by atoms with Crippen LogP contribution in [0.1, 0.15) is 38.5 Å². The Morgan fingerprint density at radius 3 is 2.56 bits per heavy atom. The molecule has 3 heteroatoms. The molecule has 0 aromatic rings. The molecule has 0 aromatic heterocycles. The van der Waals surface area contributed by atoms with Crippen molar-refractivity contribution in [3.8, 4) is 0 Å². The molecular formula is C13H25NO2. The van der Waals surface area contributed by atoms with E-state index in [1.807, 2.05) is 0 Å². The van der Waals surface area contributed by atoms with Gasteiger partial charge in [0.25, 0.3) is 0 Å². The fourth-order valence-electron chi connectivity index (χ4n) is 2.81. The summed E-state index contributed by atoms with van der Waals surface area (Å²) in [6.45, 7) is 3.05. The van der Waals surface area contributed by atoms with Crippen molar-refractivity contribution >= 4 is 0 Å². The van der Waals surface area contributed by atoms with Crippen LogP contribution in [-0.2, 0) is 4.74 Å². The van der Waals surface area contributed by atoms with E-state index in [9.17, 15) is 5.11 Å². The fraction of sp³-hybridized carbons (Fsp3) is 1.00. The molecule has 0 spiro atoms. The average molecular weight is 227 g/mol. The van der Waals surface area contributed by atoms with E-state index in [1.54, 1.807) is 7.11 Å². The van der Waals surface area contributed by atoms with Gasteiger partial charge < -0.3 is 9.84 Å². The van der Waals surface area contributed by atoms with E-state index in [-0.39, 0.29) is 6.10 Å². The van der Waals surface area contributed by atoms with Crippen LogP contribution in [-0.4, -0.2) is 49.0 Å². The van der Waals surface area contributed by atoms with Gasteiger partial charge in [0.15, 0.2) is 0 Å². The zero-order chi connectivity index (χ0) is 11.4. The van der Waals surface area contributed by atoms with Gasteiger partial charge in [-0.15, -0.1) is 0 Å². The smallest absolute Gasteiger partial charge is 0.0589 e. The summed E-state index contributed by atoms with van der Waals surface area (Å²) in [5, 5.41) is 9.79. The van der Waals surface area contributed by atoms with Crippen molar-refractivity contribution in [3.05, 3.63) is 0 Å². The van der Waals surface area contributed by atoms with Gasteiger partial charge in [-0.1, -0.05) is 6.42 Å². The largest absolute Gasteiger partial charge is 0.393 e. The summed E-state index contributed by atoms with van der Waals surface area (Å²) in [4.78, 5) is 2.55. The summed E-state index contributed by atoms with van der Waals surface area (Å²) >= 11 is 0. The van der Waals surface area contributed by atoms with Gasteiger partial charge in [0.2, 0.25) is 0 Å². The number of hydrogen-bond acceptors (Lipinski definition) is 3. The molecule has 0 saturated heterocycles. The van der Waals surface area contributed by atoms with Crippen LogP contribution in [0.3, 0.4) is 0 Å². The summed E-state index contributed by atoms with van der Waals surface area (Å²) in [7, 11) is 1.77. The third-order valence-electron chi connectivity index (χ3n) is 4.05. The Kier molecular flexibility index (Phi) is 4.62. The number of aliphatic hydroxyl groups is 1. The van der Waals surface area contributed by atoms with Crippen LogP contribution < -0.4 is 0 Å². The first kappa shape index (κ1) is 12.3. The summed E-state index contributed by atoms with van der Waals surface area (Å²) in [5.41, 5.74) is 0. The lowest BCUT2D eigenvalue weighted by atomic mass is 10.0.